The van der Waals surface area contributed by atoms with Crippen molar-refractivity contribution >= 4 is 0 Å². The first-order chi connectivity index (χ1) is 5.34. The van der Waals surface area contributed by atoms with Crippen LogP contribution in [0.1, 0.15) is 12.8 Å². The van der Waals surface area contributed by atoms with Gasteiger partial charge >= 0.3 is 0 Å². The minimum atomic E-state index is 0.604. The second kappa shape index (κ2) is 4.70. The van der Waals surface area contributed by atoms with E-state index >= 15 is 0 Å². The Morgan fingerprint density at radius 3 is 3.09 bits per heavy atom. The van der Waals surface area contributed by atoms with Gasteiger partial charge in [-0.05, 0) is 26.4 Å². The summed E-state index contributed by atoms with van der Waals surface area (Å²) in [5.41, 5.74) is 5.43. The van der Waals surface area contributed by atoms with E-state index in [2.05, 4.69) is 11.9 Å². The smallest absolute Gasteiger partial charge is 0.0622 e. The van der Waals surface area contributed by atoms with Crippen LogP contribution in [0.15, 0.2) is 0 Å². The fourth-order valence-electron chi connectivity index (χ4n) is 1.39. The molecular weight excluding hydrogens is 140 g/mol. The fraction of sp³-hybridized carbons (Fsp3) is 1.00. The van der Waals surface area contributed by atoms with E-state index in [9.17, 15) is 0 Å². The first-order valence-electron chi connectivity index (χ1n) is 4.32. The monoisotopic (exact) mass is 158 g/mol. The van der Waals surface area contributed by atoms with Crippen LogP contribution in [0.3, 0.4) is 0 Å². The summed E-state index contributed by atoms with van der Waals surface area (Å²) < 4.78 is 5.37. The van der Waals surface area contributed by atoms with E-state index in [0.29, 0.717) is 6.04 Å². The molecule has 1 atom stereocenters. The molecule has 0 aliphatic carbocycles. The van der Waals surface area contributed by atoms with Crippen molar-refractivity contribution in [2.24, 2.45) is 5.73 Å². The Morgan fingerprint density at radius 1 is 1.64 bits per heavy atom. The van der Waals surface area contributed by atoms with Crippen LogP contribution in [0.5, 0.6) is 0 Å². The predicted octanol–water partition coefficient (Wildman–Crippen LogP) is 0.0559. The summed E-state index contributed by atoms with van der Waals surface area (Å²) in [6.45, 7) is 3.63. The summed E-state index contributed by atoms with van der Waals surface area (Å²) in [5, 5.41) is 0. The lowest BCUT2D eigenvalue weighted by Gasteiger charge is -2.32. The summed E-state index contributed by atoms with van der Waals surface area (Å²) in [6, 6.07) is 0.604. The second-order valence-corrected chi connectivity index (χ2v) is 3.14. The van der Waals surface area contributed by atoms with Crippen molar-refractivity contribution in [3.8, 4) is 0 Å². The van der Waals surface area contributed by atoms with Gasteiger partial charge in [0.2, 0.25) is 0 Å². The first kappa shape index (κ1) is 8.97. The zero-order chi connectivity index (χ0) is 8.10. The highest BCUT2D eigenvalue weighted by molar-refractivity contribution is 4.71. The molecule has 66 valence electrons. The number of rotatable bonds is 3. The molecule has 0 aromatic rings. The van der Waals surface area contributed by atoms with Crippen molar-refractivity contribution in [2.45, 2.75) is 18.9 Å². The molecule has 0 bridgehead atoms. The third-order valence-corrected chi connectivity index (χ3v) is 2.26. The molecule has 2 N–H and O–H groups in total. The molecule has 1 saturated heterocycles. The van der Waals surface area contributed by atoms with Gasteiger partial charge in [0.25, 0.3) is 0 Å². The molecule has 0 saturated carbocycles. The van der Waals surface area contributed by atoms with Gasteiger partial charge in [-0.1, -0.05) is 0 Å². The van der Waals surface area contributed by atoms with Crippen molar-refractivity contribution in [2.75, 3.05) is 33.4 Å². The Labute approximate surface area is 68.5 Å². The molecule has 1 aliphatic heterocycles. The highest BCUT2D eigenvalue weighted by Crippen LogP contribution is 2.08. The molecular formula is C8H18N2O. The van der Waals surface area contributed by atoms with Crippen molar-refractivity contribution < 1.29 is 4.74 Å². The highest BCUT2D eigenvalue weighted by atomic mass is 16.5. The topological polar surface area (TPSA) is 38.5 Å². The lowest BCUT2D eigenvalue weighted by atomic mass is 10.1. The molecule has 0 radical (unpaired) electrons. The second-order valence-electron chi connectivity index (χ2n) is 3.14. The number of likely N-dealkylation sites (N-methyl/N-ethyl adjacent to an activating group) is 1. The number of ether oxygens (including phenoxy) is 1. The molecule has 1 fully saturated rings. The quantitative estimate of drug-likeness (QED) is 0.631. The Balaban J connectivity index is 2.18. The number of hydrogen-bond donors (Lipinski definition) is 1. The van der Waals surface area contributed by atoms with Gasteiger partial charge in [-0.15, -0.1) is 0 Å². The molecule has 11 heavy (non-hydrogen) atoms. The highest BCUT2D eigenvalue weighted by Gasteiger charge is 2.17. The Morgan fingerprint density at radius 2 is 2.45 bits per heavy atom. The predicted molar refractivity (Wildman–Crippen MR) is 45.5 cm³/mol. The Hall–Kier alpha value is -0.120. The first-order valence-corrected chi connectivity index (χ1v) is 4.32. The van der Waals surface area contributed by atoms with Crippen LogP contribution in [-0.2, 0) is 4.74 Å². The zero-order valence-electron chi connectivity index (χ0n) is 7.25. The Kier molecular flexibility index (Phi) is 3.83. The normalized spacial score (nSPS) is 27.3. The standard InChI is InChI=1S/C8H18N2O/c1-10-5-6-11-7-8(10)3-2-4-9/h8H,2-7,9H2,1H3. The van der Waals surface area contributed by atoms with Crippen molar-refractivity contribution in [1.29, 1.82) is 0 Å². The summed E-state index contributed by atoms with van der Waals surface area (Å²) in [7, 11) is 2.16. The van der Waals surface area contributed by atoms with Gasteiger partial charge in [0.15, 0.2) is 0 Å². The van der Waals surface area contributed by atoms with Gasteiger partial charge < -0.3 is 10.5 Å². The SMILES string of the molecule is CN1CCOCC1CCCN. The molecule has 0 spiro atoms. The molecule has 0 amide bonds. The average Bonchev–Trinajstić information content (AvgIpc) is 2.03. The maximum absolute atomic E-state index is 5.43. The molecule has 1 rings (SSSR count). The largest absolute Gasteiger partial charge is 0.378 e. The molecule has 0 aromatic carbocycles. The van der Waals surface area contributed by atoms with Gasteiger partial charge in [-0.2, -0.15) is 0 Å². The van der Waals surface area contributed by atoms with Gasteiger partial charge in [0.1, 0.15) is 0 Å². The van der Waals surface area contributed by atoms with E-state index in [1.165, 1.54) is 6.42 Å². The van der Waals surface area contributed by atoms with Crippen LogP contribution in [0.25, 0.3) is 0 Å². The van der Waals surface area contributed by atoms with E-state index < -0.39 is 0 Å². The van der Waals surface area contributed by atoms with Gasteiger partial charge in [-0.25, -0.2) is 0 Å². The third kappa shape index (κ3) is 2.77. The maximum atomic E-state index is 5.43. The fourth-order valence-corrected chi connectivity index (χ4v) is 1.39. The van der Waals surface area contributed by atoms with E-state index in [0.717, 1.165) is 32.7 Å². The minimum absolute atomic E-state index is 0.604. The number of morpholine rings is 1. The van der Waals surface area contributed by atoms with E-state index in [-0.39, 0.29) is 0 Å². The lowest BCUT2D eigenvalue weighted by Crippen LogP contribution is -2.42. The number of hydrogen-bond acceptors (Lipinski definition) is 3. The summed E-state index contributed by atoms with van der Waals surface area (Å²) in [6.07, 6.45) is 2.28. The third-order valence-electron chi connectivity index (χ3n) is 2.26. The summed E-state index contributed by atoms with van der Waals surface area (Å²) >= 11 is 0. The van der Waals surface area contributed by atoms with Crippen LogP contribution < -0.4 is 5.73 Å². The molecule has 3 heteroatoms. The van der Waals surface area contributed by atoms with E-state index in [1.807, 2.05) is 0 Å². The molecule has 1 unspecified atom stereocenters. The van der Waals surface area contributed by atoms with Gasteiger partial charge in [0.05, 0.1) is 13.2 Å². The number of nitrogens with two attached hydrogens (primary N) is 1. The van der Waals surface area contributed by atoms with Crippen LogP contribution in [0, 0.1) is 0 Å². The van der Waals surface area contributed by atoms with Crippen LogP contribution in [0.2, 0.25) is 0 Å². The van der Waals surface area contributed by atoms with Gasteiger partial charge in [0, 0.05) is 12.6 Å². The average molecular weight is 158 g/mol. The molecule has 1 heterocycles. The zero-order valence-corrected chi connectivity index (χ0v) is 7.25. The molecule has 3 nitrogen and oxygen atoms in total. The van der Waals surface area contributed by atoms with Crippen LogP contribution in [0.4, 0.5) is 0 Å². The van der Waals surface area contributed by atoms with Crippen molar-refractivity contribution in [3.63, 3.8) is 0 Å². The maximum Gasteiger partial charge on any atom is 0.0622 e. The van der Waals surface area contributed by atoms with E-state index in [4.69, 9.17) is 10.5 Å². The van der Waals surface area contributed by atoms with Gasteiger partial charge in [-0.3, -0.25) is 4.90 Å². The Bertz CT molecular complexity index is 108. The van der Waals surface area contributed by atoms with Crippen molar-refractivity contribution in [1.82, 2.24) is 4.90 Å². The lowest BCUT2D eigenvalue weighted by molar-refractivity contribution is 0.00255. The van der Waals surface area contributed by atoms with E-state index in [1.54, 1.807) is 0 Å². The summed E-state index contributed by atoms with van der Waals surface area (Å²) in [5.74, 6) is 0. The molecule has 0 aromatic heterocycles. The van der Waals surface area contributed by atoms with Crippen LogP contribution in [-0.4, -0.2) is 44.3 Å². The van der Waals surface area contributed by atoms with Crippen molar-refractivity contribution in [3.05, 3.63) is 0 Å². The number of nitrogens with zero attached hydrogens (tertiary/aromatic N) is 1. The van der Waals surface area contributed by atoms with Crippen LogP contribution >= 0.6 is 0 Å². The minimum Gasteiger partial charge on any atom is -0.378 e. The molecule has 1 aliphatic rings. The summed E-state index contributed by atoms with van der Waals surface area (Å²) in [4.78, 5) is 2.36.